The van der Waals surface area contributed by atoms with Crippen LogP contribution in [0.25, 0.3) is 179 Å². The molecular weight excluding hydrogens is 1170 g/mol. The van der Waals surface area contributed by atoms with Gasteiger partial charge in [0.25, 0.3) is 0 Å². The van der Waals surface area contributed by atoms with Gasteiger partial charge in [0.1, 0.15) is 45.2 Å². The molecule has 387 valence electrons. The molecule has 17 heteroatoms. The molecule has 0 amide bonds. The number of rotatable bonds is 0. The summed E-state index contributed by atoms with van der Waals surface area (Å²) in [5.74, 6) is 4.78. The maximum atomic E-state index is 5.02. The molecular formula is C64H36LuN16. The van der Waals surface area contributed by atoms with Crippen LogP contribution in [0.3, 0.4) is 0 Å². The number of H-pyrrole nitrogens is 4. The minimum absolute atomic E-state index is 0. The Kier molecular flexibility index (Phi) is 10.6. The van der Waals surface area contributed by atoms with Crippen LogP contribution in [-0.4, -0.2) is 79.7 Å². The molecule has 10 heterocycles. The zero-order chi connectivity index (χ0) is 52.4. The van der Waals surface area contributed by atoms with E-state index in [-0.39, 0.29) is 36.9 Å². The number of benzene rings is 8. The van der Waals surface area contributed by atoms with Crippen LogP contribution in [0.1, 0.15) is 0 Å². The number of nitrogens with zero attached hydrogens (tertiary/aromatic N) is 12. The molecule has 6 aromatic heterocycles. The second kappa shape index (κ2) is 18.4. The van der Waals surface area contributed by atoms with Gasteiger partial charge in [-0.3, -0.25) is 0 Å². The van der Waals surface area contributed by atoms with Crippen molar-refractivity contribution in [2.24, 2.45) is 0 Å². The van der Waals surface area contributed by atoms with Crippen molar-refractivity contribution in [2.45, 2.75) is 0 Å². The molecule has 4 aliphatic rings. The predicted molar refractivity (Wildman–Crippen MR) is 312 cm³/mol. The van der Waals surface area contributed by atoms with E-state index in [4.69, 9.17) is 59.8 Å². The van der Waals surface area contributed by atoms with Gasteiger partial charge in [0.2, 0.25) is 0 Å². The molecule has 1 radical (unpaired) electrons. The molecule has 81 heavy (non-hydrogen) atoms. The summed E-state index contributed by atoms with van der Waals surface area (Å²) < 4.78 is 0. The van der Waals surface area contributed by atoms with Gasteiger partial charge in [-0.25, -0.2) is 59.8 Å². The van der Waals surface area contributed by atoms with Crippen LogP contribution in [0.2, 0.25) is 0 Å². The van der Waals surface area contributed by atoms with Crippen LogP contribution >= 0.6 is 0 Å². The van der Waals surface area contributed by atoms with Gasteiger partial charge in [-0.05, 0) is 0 Å². The van der Waals surface area contributed by atoms with Gasteiger partial charge < -0.3 is 19.9 Å². The molecule has 8 aromatic carbocycles. The average Bonchev–Trinajstić information content (AvgIpc) is 4.53. The van der Waals surface area contributed by atoms with Crippen molar-refractivity contribution in [3.8, 4) is 91.1 Å². The molecule has 0 spiro atoms. The van der Waals surface area contributed by atoms with Gasteiger partial charge in [0.15, 0.2) is 46.6 Å². The molecule has 16 nitrogen and oxygen atoms in total. The maximum Gasteiger partial charge on any atom is 0.164 e. The second-order valence-corrected chi connectivity index (χ2v) is 19.6. The number of aromatic amines is 4. The van der Waals surface area contributed by atoms with E-state index in [9.17, 15) is 0 Å². The molecule has 0 aliphatic carbocycles. The topological polar surface area (TPSA) is 218 Å². The van der Waals surface area contributed by atoms with E-state index in [1.54, 1.807) is 0 Å². The summed E-state index contributed by atoms with van der Waals surface area (Å²) in [5, 5.41) is 7.64. The third-order valence-electron chi connectivity index (χ3n) is 14.9. The van der Waals surface area contributed by atoms with E-state index in [0.717, 1.165) is 87.6 Å². The monoisotopic (exact) mass is 1200 g/mol. The Morgan fingerprint density at radius 2 is 0.284 bits per heavy atom. The largest absolute Gasteiger partial charge is 0.324 e. The number of aromatic nitrogens is 16. The summed E-state index contributed by atoms with van der Waals surface area (Å²) in [5.41, 5.74) is 12.9. The summed E-state index contributed by atoms with van der Waals surface area (Å²) in [6.45, 7) is 0. The van der Waals surface area contributed by atoms with Crippen molar-refractivity contribution in [2.75, 3.05) is 0 Å². The van der Waals surface area contributed by atoms with Crippen molar-refractivity contribution >= 4 is 88.3 Å². The minimum Gasteiger partial charge on any atom is -0.324 e. The number of fused-ring (bicyclic) bond motifs is 40. The zero-order valence-electron chi connectivity index (χ0n) is 42.1. The number of hydrogen-bond donors (Lipinski definition) is 4. The Morgan fingerprint density at radius 1 is 0.160 bits per heavy atom. The quantitative estimate of drug-likeness (QED) is 0.111. The van der Waals surface area contributed by atoms with E-state index in [1.165, 1.54) is 0 Å². The zero-order valence-corrected chi connectivity index (χ0v) is 43.8. The molecule has 14 aromatic rings. The van der Waals surface area contributed by atoms with Crippen molar-refractivity contribution in [3.63, 3.8) is 0 Å². The standard InChI is InChI=1S/2C32H18N8.Lu/c2*1-2-10-18-17(9-1)25-33-26(18)38-28-21-13-5-6-14-22(21)30(35-28)40-32-24-16-8-7-15-23(24)31(36-32)39-29-20-12-4-3-11-19(20)27(34-29)37-25;/h2*1-16H,(H2,33,34,35,36,37,38,39,40);. The van der Waals surface area contributed by atoms with Gasteiger partial charge >= 0.3 is 0 Å². The van der Waals surface area contributed by atoms with Crippen molar-refractivity contribution in [3.05, 3.63) is 194 Å². The van der Waals surface area contributed by atoms with Crippen molar-refractivity contribution in [1.82, 2.24) is 79.7 Å². The Labute approximate surface area is 486 Å². The molecule has 0 fully saturated rings. The van der Waals surface area contributed by atoms with E-state index < -0.39 is 0 Å². The van der Waals surface area contributed by atoms with E-state index >= 15 is 0 Å². The van der Waals surface area contributed by atoms with Crippen LogP contribution in [0.5, 0.6) is 0 Å². The smallest absolute Gasteiger partial charge is 0.164 e. The van der Waals surface area contributed by atoms with Crippen LogP contribution in [0.15, 0.2) is 194 Å². The summed E-state index contributed by atoms with van der Waals surface area (Å²) >= 11 is 0. The van der Waals surface area contributed by atoms with Gasteiger partial charge in [-0.1, -0.05) is 194 Å². The third kappa shape index (κ3) is 7.55. The summed E-state index contributed by atoms with van der Waals surface area (Å²) in [7, 11) is 0. The molecule has 16 bridgehead atoms. The van der Waals surface area contributed by atoms with Gasteiger partial charge in [-0.2, -0.15) is 0 Å². The number of hydrogen-bond acceptors (Lipinski definition) is 12. The fraction of sp³-hybridized carbons (Fsp3) is 0. The van der Waals surface area contributed by atoms with Crippen LogP contribution in [0.4, 0.5) is 0 Å². The average molecular weight is 1200 g/mol. The van der Waals surface area contributed by atoms with Gasteiger partial charge in [0.05, 0.1) is 0 Å². The first-order valence-electron chi connectivity index (χ1n) is 26.0. The van der Waals surface area contributed by atoms with E-state index in [2.05, 4.69) is 19.9 Å². The Balaban J connectivity index is 0.000000132. The Hall–Kier alpha value is -10.3. The molecule has 4 aliphatic heterocycles. The van der Waals surface area contributed by atoms with Gasteiger partial charge in [-0.15, -0.1) is 0 Å². The second-order valence-electron chi connectivity index (χ2n) is 19.6. The molecule has 0 saturated heterocycles. The third-order valence-corrected chi connectivity index (χ3v) is 14.9. The molecule has 18 rings (SSSR count). The minimum atomic E-state index is 0. The first-order valence-corrected chi connectivity index (χ1v) is 26.0. The summed E-state index contributed by atoms with van der Waals surface area (Å²) in [6.07, 6.45) is 0. The van der Waals surface area contributed by atoms with Crippen LogP contribution < -0.4 is 0 Å². The normalized spacial score (nSPS) is 11.9. The van der Waals surface area contributed by atoms with Crippen LogP contribution in [-0.2, 0) is 0 Å². The number of nitrogens with one attached hydrogen (secondary N) is 4. The van der Waals surface area contributed by atoms with Crippen molar-refractivity contribution < 1.29 is 36.9 Å². The fourth-order valence-electron chi connectivity index (χ4n) is 11.2. The Morgan fingerprint density at radius 3 is 0.420 bits per heavy atom. The van der Waals surface area contributed by atoms with Crippen LogP contribution in [0, 0.1) is 36.9 Å². The fourth-order valence-corrected chi connectivity index (χ4v) is 11.2. The Bertz CT molecular complexity index is 4390. The van der Waals surface area contributed by atoms with E-state index in [0.29, 0.717) is 91.8 Å². The first kappa shape index (κ1) is 46.8. The molecule has 0 unspecified atom stereocenters. The van der Waals surface area contributed by atoms with E-state index in [1.807, 2.05) is 194 Å². The van der Waals surface area contributed by atoms with Gasteiger partial charge in [0, 0.05) is 124 Å². The molecule has 4 N–H and O–H groups in total. The summed E-state index contributed by atoms with van der Waals surface area (Å²) in [4.78, 5) is 73.5. The molecule has 0 atom stereocenters. The first-order chi connectivity index (χ1) is 39.6. The molecule has 0 saturated carbocycles. The SMILES string of the molecule is [Lu].c1ccc2c(c1)-c1nc-2nc2[nH]c(nc3nc(nc4[nH]c(n1)c1ccccc41)-c1ccccc1-3)c1ccccc21.c1ccc2c(c1)-c1nc-2nc2[nH]c(nc3nc(nc4[nH]c(n1)c1ccccc41)-c1ccccc1-3)c1ccccc21. The van der Waals surface area contributed by atoms with Crippen molar-refractivity contribution in [1.29, 1.82) is 0 Å². The summed E-state index contributed by atoms with van der Waals surface area (Å²) in [6, 6.07) is 64.5. The maximum absolute atomic E-state index is 5.02. The predicted octanol–water partition coefficient (Wildman–Crippen LogP) is 13.7.